The largest absolute Gasteiger partial charge is 0.320 e. The normalized spacial score (nSPS) is 22.2. The molecular formula is C15H20N2O. The second-order valence-electron chi connectivity index (χ2n) is 5.18. The lowest BCUT2D eigenvalue weighted by Crippen LogP contribution is -2.47. The summed E-state index contributed by atoms with van der Waals surface area (Å²) < 4.78 is 0. The van der Waals surface area contributed by atoms with Gasteiger partial charge in [-0.05, 0) is 25.8 Å². The average molecular weight is 244 g/mol. The van der Waals surface area contributed by atoms with Gasteiger partial charge in [0.1, 0.15) is 0 Å². The van der Waals surface area contributed by atoms with E-state index in [0.717, 1.165) is 6.42 Å². The lowest BCUT2D eigenvalue weighted by atomic mass is 10.1. The Labute approximate surface area is 108 Å². The summed E-state index contributed by atoms with van der Waals surface area (Å²) in [7, 11) is 0. The van der Waals surface area contributed by atoms with E-state index >= 15 is 0 Å². The van der Waals surface area contributed by atoms with Crippen molar-refractivity contribution in [3.63, 3.8) is 0 Å². The molecule has 0 aromatic heterocycles. The van der Waals surface area contributed by atoms with E-state index in [1.807, 2.05) is 36.9 Å². The Hall–Kier alpha value is -1.61. The Morgan fingerprint density at radius 3 is 2.67 bits per heavy atom. The van der Waals surface area contributed by atoms with Crippen LogP contribution in [0.25, 0.3) is 0 Å². The van der Waals surface area contributed by atoms with E-state index in [1.165, 1.54) is 5.56 Å². The molecule has 3 nitrogen and oxygen atoms in total. The lowest BCUT2D eigenvalue weighted by Gasteiger charge is -2.30. The molecule has 96 valence electrons. The van der Waals surface area contributed by atoms with Crippen molar-refractivity contribution < 1.29 is 4.79 Å². The predicted octanol–water partition coefficient (Wildman–Crippen LogP) is 1.95. The van der Waals surface area contributed by atoms with Gasteiger partial charge < -0.3 is 4.90 Å². The molecule has 0 saturated carbocycles. The average Bonchev–Trinajstić information content (AvgIpc) is 2.54. The third-order valence-electron chi connectivity index (χ3n) is 3.36. The van der Waals surface area contributed by atoms with Gasteiger partial charge in [0.05, 0.1) is 11.7 Å². The monoisotopic (exact) mass is 244 g/mol. The second-order valence-corrected chi connectivity index (χ2v) is 5.18. The first kappa shape index (κ1) is 12.8. The van der Waals surface area contributed by atoms with E-state index in [1.54, 1.807) is 6.08 Å². The van der Waals surface area contributed by atoms with E-state index in [-0.39, 0.29) is 17.6 Å². The topological polar surface area (TPSA) is 32.3 Å². The second kappa shape index (κ2) is 4.94. The van der Waals surface area contributed by atoms with Gasteiger partial charge in [0.25, 0.3) is 0 Å². The van der Waals surface area contributed by atoms with Crippen molar-refractivity contribution in [1.29, 1.82) is 0 Å². The molecule has 1 saturated heterocycles. The highest BCUT2D eigenvalue weighted by atomic mass is 16.2. The quantitative estimate of drug-likeness (QED) is 0.821. The van der Waals surface area contributed by atoms with Gasteiger partial charge in [-0.1, -0.05) is 36.4 Å². The van der Waals surface area contributed by atoms with Crippen LogP contribution < -0.4 is 5.32 Å². The number of hydrogen-bond acceptors (Lipinski definition) is 2. The Morgan fingerprint density at radius 2 is 2.06 bits per heavy atom. The maximum Gasteiger partial charge on any atom is 0.241 e. The highest BCUT2D eigenvalue weighted by Gasteiger charge is 2.43. The predicted molar refractivity (Wildman–Crippen MR) is 73.1 cm³/mol. The smallest absolute Gasteiger partial charge is 0.241 e. The van der Waals surface area contributed by atoms with Crippen LogP contribution in [0.4, 0.5) is 0 Å². The van der Waals surface area contributed by atoms with Crippen LogP contribution in [0, 0.1) is 0 Å². The number of nitrogens with zero attached hydrogens (tertiary/aromatic N) is 1. The van der Waals surface area contributed by atoms with Crippen molar-refractivity contribution >= 4 is 5.91 Å². The third kappa shape index (κ3) is 2.46. The Morgan fingerprint density at radius 1 is 1.39 bits per heavy atom. The first-order valence-electron chi connectivity index (χ1n) is 6.28. The van der Waals surface area contributed by atoms with Gasteiger partial charge in [-0.3, -0.25) is 10.1 Å². The summed E-state index contributed by atoms with van der Waals surface area (Å²) in [5, 5.41) is 3.39. The molecule has 0 radical (unpaired) electrons. The number of amides is 1. The standard InChI is InChI=1S/C15H20N2O/c1-4-10-17-14(18)13(16-15(17,2)3)11-12-8-6-5-7-9-12/h4-9,13,16H,1,10-11H2,2-3H3/t13-/m0/s1. The third-order valence-corrected chi connectivity index (χ3v) is 3.36. The van der Waals surface area contributed by atoms with Gasteiger partial charge in [0.2, 0.25) is 5.91 Å². The lowest BCUT2D eigenvalue weighted by molar-refractivity contribution is -0.130. The van der Waals surface area contributed by atoms with Crippen LogP contribution in [0.1, 0.15) is 19.4 Å². The van der Waals surface area contributed by atoms with Crippen LogP contribution >= 0.6 is 0 Å². The summed E-state index contributed by atoms with van der Waals surface area (Å²) in [4.78, 5) is 14.2. The highest BCUT2D eigenvalue weighted by Crippen LogP contribution is 2.22. The summed E-state index contributed by atoms with van der Waals surface area (Å²) in [6, 6.07) is 9.96. The molecule has 18 heavy (non-hydrogen) atoms. The SMILES string of the molecule is C=CCN1C(=O)[C@H](Cc2ccccc2)NC1(C)C. The molecule has 1 aromatic carbocycles. The van der Waals surface area contributed by atoms with Crippen molar-refractivity contribution in [3.8, 4) is 0 Å². The Balaban J connectivity index is 2.12. The summed E-state index contributed by atoms with van der Waals surface area (Å²) in [6.45, 7) is 8.35. The molecule has 1 atom stereocenters. The molecule has 1 fully saturated rings. The molecule has 0 aliphatic carbocycles. The molecule has 1 amide bonds. The van der Waals surface area contributed by atoms with E-state index in [0.29, 0.717) is 6.54 Å². The van der Waals surface area contributed by atoms with E-state index < -0.39 is 0 Å². The number of benzene rings is 1. The van der Waals surface area contributed by atoms with Crippen LogP contribution in [-0.4, -0.2) is 29.1 Å². The van der Waals surface area contributed by atoms with Crippen LogP contribution in [0.2, 0.25) is 0 Å². The fourth-order valence-electron chi connectivity index (χ4n) is 2.47. The molecule has 1 N–H and O–H groups in total. The fraction of sp³-hybridized carbons (Fsp3) is 0.400. The zero-order valence-electron chi connectivity index (χ0n) is 11.0. The molecule has 3 heteroatoms. The number of carbonyl (C=O) groups is 1. The van der Waals surface area contributed by atoms with Crippen molar-refractivity contribution in [2.75, 3.05) is 6.54 Å². The summed E-state index contributed by atoms with van der Waals surface area (Å²) in [6.07, 6.45) is 2.50. The minimum atomic E-state index is -0.301. The molecule has 0 spiro atoms. The molecule has 0 unspecified atom stereocenters. The van der Waals surface area contributed by atoms with E-state index in [9.17, 15) is 4.79 Å². The number of carbonyl (C=O) groups excluding carboxylic acids is 1. The van der Waals surface area contributed by atoms with Crippen molar-refractivity contribution in [3.05, 3.63) is 48.6 Å². The first-order valence-corrected chi connectivity index (χ1v) is 6.28. The number of nitrogens with one attached hydrogen (secondary N) is 1. The van der Waals surface area contributed by atoms with Gasteiger partial charge in [0, 0.05) is 6.54 Å². The van der Waals surface area contributed by atoms with Gasteiger partial charge >= 0.3 is 0 Å². The summed E-state index contributed by atoms with van der Waals surface area (Å²) >= 11 is 0. The van der Waals surface area contributed by atoms with E-state index in [2.05, 4.69) is 24.0 Å². The van der Waals surface area contributed by atoms with Gasteiger partial charge in [0.15, 0.2) is 0 Å². The molecule has 1 aliphatic heterocycles. The fourth-order valence-corrected chi connectivity index (χ4v) is 2.47. The van der Waals surface area contributed by atoms with Crippen LogP contribution in [0.3, 0.4) is 0 Å². The Bertz CT molecular complexity index is 439. The minimum Gasteiger partial charge on any atom is -0.320 e. The number of hydrogen-bond donors (Lipinski definition) is 1. The zero-order valence-corrected chi connectivity index (χ0v) is 11.0. The van der Waals surface area contributed by atoms with Gasteiger partial charge in [-0.2, -0.15) is 0 Å². The highest BCUT2D eigenvalue weighted by molar-refractivity contribution is 5.85. The van der Waals surface area contributed by atoms with Crippen molar-refractivity contribution in [2.24, 2.45) is 0 Å². The maximum absolute atomic E-state index is 12.3. The minimum absolute atomic E-state index is 0.137. The molecule has 2 rings (SSSR count). The Kier molecular flexibility index (Phi) is 3.53. The van der Waals surface area contributed by atoms with Gasteiger partial charge in [-0.25, -0.2) is 0 Å². The summed E-state index contributed by atoms with van der Waals surface area (Å²) in [5.41, 5.74) is 0.879. The van der Waals surface area contributed by atoms with E-state index in [4.69, 9.17) is 0 Å². The molecule has 1 aliphatic rings. The van der Waals surface area contributed by atoms with Crippen molar-refractivity contribution in [1.82, 2.24) is 10.2 Å². The summed E-state index contributed by atoms with van der Waals surface area (Å²) in [5.74, 6) is 0.156. The van der Waals surface area contributed by atoms with Crippen LogP contribution in [0.15, 0.2) is 43.0 Å². The number of rotatable bonds is 4. The van der Waals surface area contributed by atoms with Gasteiger partial charge in [-0.15, -0.1) is 6.58 Å². The molecule has 0 bridgehead atoms. The zero-order chi connectivity index (χ0) is 13.2. The molecular weight excluding hydrogens is 224 g/mol. The van der Waals surface area contributed by atoms with Crippen LogP contribution in [0.5, 0.6) is 0 Å². The molecule has 1 aromatic rings. The molecule has 1 heterocycles. The van der Waals surface area contributed by atoms with Crippen molar-refractivity contribution in [2.45, 2.75) is 32.0 Å². The maximum atomic E-state index is 12.3. The van der Waals surface area contributed by atoms with Crippen LogP contribution in [-0.2, 0) is 11.2 Å². The first-order chi connectivity index (χ1) is 8.54.